The van der Waals surface area contributed by atoms with Crippen LogP contribution in [0.2, 0.25) is 0 Å². The van der Waals surface area contributed by atoms with Gasteiger partial charge in [0, 0.05) is 31.2 Å². The first-order valence-corrected chi connectivity index (χ1v) is 27.3. The molecule has 0 saturated heterocycles. The summed E-state index contributed by atoms with van der Waals surface area (Å²) < 4.78 is 20.4. The Labute approximate surface area is 449 Å². The van der Waals surface area contributed by atoms with Crippen LogP contribution in [-0.4, -0.2) is 19.6 Å². The zero-order valence-electron chi connectivity index (χ0n) is 44.7. The molecule has 0 radical (unpaired) electrons. The molecule has 0 unspecified atom stereocenters. The van der Waals surface area contributed by atoms with E-state index < -0.39 is 6.37 Å². The maximum atomic E-state index is 12.9. The van der Waals surface area contributed by atoms with Crippen LogP contribution >= 0.6 is 0 Å². The molecule has 2 aliphatic rings. The maximum absolute atomic E-state index is 12.9. The fourth-order valence-electron chi connectivity index (χ4n) is 12.1. The van der Waals surface area contributed by atoms with E-state index in [-0.39, 0.29) is 11.7 Å². The Morgan fingerprint density at radius 3 is 1.64 bits per heavy atom. The molecule has 76 heavy (non-hydrogen) atoms. The van der Waals surface area contributed by atoms with E-state index in [4.69, 9.17) is 12.7 Å². The van der Waals surface area contributed by atoms with Crippen molar-refractivity contribution in [1.29, 1.82) is 0 Å². The number of hydrogen-bond donors (Lipinski definition) is 1. The summed E-state index contributed by atoms with van der Waals surface area (Å²) in [6, 6.07) is 78.5. The van der Waals surface area contributed by atoms with Crippen LogP contribution in [0.3, 0.4) is 0 Å². The molecule has 0 aliphatic heterocycles. The summed E-state index contributed by atoms with van der Waals surface area (Å²) in [6.45, 7) is 0. The predicted molar refractivity (Wildman–Crippen MR) is 315 cm³/mol. The number of rotatable bonds is 13. The van der Waals surface area contributed by atoms with Gasteiger partial charge in [0.2, 0.25) is 0 Å². The largest absolute Gasteiger partial charge is 0.507 e. The average molecular weight is 986 g/mol. The van der Waals surface area contributed by atoms with Gasteiger partial charge in [-0.25, -0.2) is 4.98 Å². The van der Waals surface area contributed by atoms with Crippen LogP contribution in [0.25, 0.3) is 106 Å². The topological polar surface area (TPSA) is 50.9 Å². The van der Waals surface area contributed by atoms with Gasteiger partial charge in [0.05, 0.1) is 28.0 Å². The van der Waals surface area contributed by atoms with Crippen molar-refractivity contribution in [2.24, 2.45) is 11.8 Å². The second-order valence-corrected chi connectivity index (χ2v) is 21.0. The van der Waals surface area contributed by atoms with Gasteiger partial charge < -0.3 is 5.11 Å². The lowest BCUT2D eigenvalue weighted by Gasteiger charge is -2.19. The highest BCUT2D eigenvalue weighted by atomic mass is 16.3. The van der Waals surface area contributed by atoms with Crippen LogP contribution in [0.15, 0.2) is 231 Å². The molecular formula is C72H61N3O. The van der Waals surface area contributed by atoms with E-state index in [0.717, 1.165) is 132 Å². The lowest BCUT2D eigenvalue weighted by Crippen LogP contribution is -2.04. The zero-order chi connectivity index (χ0) is 52.6. The highest BCUT2D eigenvalue weighted by Crippen LogP contribution is 2.46. The number of phenols is 1. The van der Waals surface area contributed by atoms with Crippen molar-refractivity contribution in [3.63, 3.8) is 0 Å². The zero-order valence-corrected chi connectivity index (χ0v) is 42.7. The molecule has 0 spiro atoms. The Morgan fingerprint density at radius 2 is 0.974 bits per heavy atom. The number of fused-ring (bicyclic) bond motifs is 1. The molecule has 4 heteroatoms. The first-order chi connectivity index (χ1) is 38.3. The Balaban J connectivity index is 1.02. The second-order valence-electron chi connectivity index (χ2n) is 21.0. The number of pyridine rings is 1. The van der Waals surface area contributed by atoms with Gasteiger partial charge >= 0.3 is 0 Å². The van der Waals surface area contributed by atoms with Gasteiger partial charge in [0.15, 0.2) is 0 Å². The van der Waals surface area contributed by atoms with E-state index in [9.17, 15) is 5.11 Å². The van der Waals surface area contributed by atoms with Gasteiger partial charge in [-0.2, -0.15) is 0 Å². The molecule has 0 atom stereocenters. The Morgan fingerprint density at radius 1 is 0.421 bits per heavy atom. The van der Waals surface area contributed by atoms with E-state index in [1.807, 2.05) is 48.7 Å². The van der Waals surface area contributed by atoms with Crippen molar-refractivity contribution in [3.8, 4) is 101 Å². The summed E-state index contributed by atoms with van der Waals surface area (Å²) in [6.07, 6.45) is 10.8. The number of nitrogens with zero attached hydrogens (tertiary/aromatic N) is 3. The van der Waals surface area contributed by atoms with E-state index in [0.29, 0.717) is 17.3 Å². The van der Waals surface area contributed by atoms with Crippen molar-refractivity contribution >= 4 is 11.0 Å². The summed E-state index contributed by atoms with van der Waals surface area (Å²) in [5.74, 6) is 1.55. The predicted octanol–water partition coefficient (Wildman–Crippen LogP) is 18.9. The average Bonchev–Trinajstić information content (AvgIpc) is 4.40. The fraction of sp³-hybridized carbons (Fsp3) is 0.167. The lowest BCUT2D eigenvalue weighted by atomic mass is 9.93. The number of para-hydroxylation sites is 1. The van der Waals surface area contributed by atoms with Crippen LogP contribution in [0.4, 0.5) is 0 Å². The third-order valence-corrected chi connectivity index (χ3v) is 16.0. The lowest BCUT2D eigenvalue weighted by molar-refractivity contribution is 0.479. The van der Waals surface area contributed by atoms with Crippen molar-refractivity contribution in [1.82, 2.24) is 14.5 Å². The number of benzene rings is 9. The van der Waals surface area contributed by atoms with Crippen LogP contribution in [0, 0.1) is 11.8 Å². The first-order valence-electron chi connectivity index (χ1n) is 28.3. The molecule has 2 saturated carbocycles. The number of aromatic nitrogens is 3. The SMILES string of the molecule is [2H]C([2H])(c1ccc(-c2ccnc(-c3cc(-c4ccccc4)cc(-c4cccc5c4nc(-c4cc(-c6ccccc6)cc(-c6ccccc6)c4O)n5-c4ccc(CC5CCCC5)cc4-c4ccccc4)c3)c2)cc1)C1CCCC1. The van der Waals surface area contributed by atoms with E-state index in [2.05, 4.69) is 187 Å². The Kier molecular flexibility index (Phi) is 12.4. The maximum Gasteiger partial charge on any atom is 0.149 e. The van der Waals surface area contributed by atoms with Crippen LogP contribution < -0.4 is 0 Å². The summed E-state index contributed by atoms with van der Waals surface area (Å²) >= 11 is 0. The molecule has 1 N–H and O–H groups in total. The molecule has 4 nitrogen and oxygen atoms in total. The third kappa shape index (κ3) is 9.56. The minimum Gasteiger partial charge on any atom is -0.507 e. The van der Waals surface area contributed by atoms with Gasteiger partial charge in [-0.3, -0.25) is 9.55 Å². The minimum atomic E-state index is -1.35. The molecule has 9 aromatic carbocycles. The highest BCUT2D eigenvalue weighted by Gasteiger charge is 2.26. The summed E-state index contributed by atoms with van der Waals surface area (Å²) in [7, 11) is 0. The van der Waals surface area contributed by atoms with Gasteiger partial charge in [0.1, 0.15) is 11.6 Å². The second kappa shape index (κ2) is 21.0. The molecule has 11 aromatic rings. The van der Waals surface area contributed by atoms with Gasteiger partial charge in [-0.05, 0) is 146 Å². The molecule has 2 heterocycles. The fourth-order valence-corrected chi connectivity index (χ4v) is 12.1. The van der Waals surface area contributed by atoms with E-state index in [1.54, 1.807) is 0 Å². The minimum absolute atomic E-state index is 0.0583. The molecule has 2 aromatic heterocycles. The monoisotopic (exact) mass is 985 g/mol. The number of imidazole rings is 1. The van der Waals surface area contributed by atoms with E-state index in [1.165, 1.54) is 31.2 Å². The van der Waals surface area contributed by atoms with E-state index >= 15 is 0 Å². The summed E-state index contributed by atoms with van der Waals surface area (Å²) in [5, 5.41) is 12.9. The van der Waals surface area contributed by atoms with Crippen LogP contribution in [0.1, 0.15) is 65.2 Å². The van der Waals surface area contributed by atoms with Crippen molar-refractivity contribution in [2.45, 2.75) is 64.2 Å². The van der Waals surface area contributed by atoms with Crippen molar-refractivity contribution in [2.75, 3.05) is 0 Å². The quantitative estimate of drug-likeness (QED) is 0.125. The molecule has 13 rings (SSSR count). The summed E-state index contributed by atoms with van der Waals surface area (Å²) in [4.78, 5) is 10.8. The Bertz CT molecular complexity index is 3920. The van der Waals surface area contributed by atoms with Crippen molar-refractivity contribution < 1.29 is 7.85 Å². The smallest absolute Gasteiger partial charge is 0.149 e. The number of hydrogen-bond acceptors (Lipinski definition) is 3. The summed E-state index contributed by atoms with van der Waals surface area (Å²) in [5.41, 5.74) is 19.2. The van der Waals surface area contributed by atoms with Gasteiger partial charge in [-0.15, -0.1) is 0 Å². The standard InChI is InChI=1S/C72H61N3O/c76-71-65(57-28-11-4-12-29-57)46-60(54-24-7-2-8-25-54)47-66(71)72-74-70-63(30-17-31-69(70)75(72)68-37-34-52(41-50-20-15-16-21-50)42-64(68)56-26-9-3-10-27-56)61-43-59(53-22-5-1-6-23-53)44-62(45-61)67-48-58(38-39-73-67)55-35-32-51(33-36-55)40-49-18-13-14-19-49/h1-12,17,22-39,42-50,76H,13-16,18-21,40-41H2/i40D2. The first kappa shape index (κ1) is 44.8. The van der Waals surface area contributed by atoms with Crippen LogP contribution in [-0.2, 0) is 12.8 Å². The number of aromatic hydroxyl groups is 1. The van der Waals surface area contributed by atoms with Crippen LogP contribution in [0.5, 0.6) is 5.75 Å². The van der Waals surface area contributed by atoms with Gasteiger partial charge in [0.25, 0.3) is 0 Å². The number of phenolic OH excluding ortho intramolecular Hbond substituents is 1. The normalized spacial score (nSPS) is 14.5. The highest BCUT2D eigenvalue weighted by molar-refractivity contribution is 5.99. The molecule has 2 aliphatic carbocycles. The molecular weight excluding hydrogens is 923 g/mol. The molecule has 0 bridgehead atoms. The molecule has 0 amide bonds. The van der Waals surface area contributed by atoms with Gasteiger partial charge in [-0.1, -0.05) is 215 Å². The third-order valence-electron chi connectivity index (χ3n) is 16.0. The molecule has 2 fully saturated rings. The Hall–Kier alpha value is -8.60. The molecule has 370 valence electrons. The van der Waals surface area contributed by atoms with Crippen molar-refractivity contribution in [3.05, 3.63) is 242 Å².